The number of carbonyl (C=O) groups is 1. The average molecular weight is 224 g/mol. The lowest BCUT2D eigenvalue weighted by Gasteiger charge is -2.06. The molecular weight excluding hydrogens is 210 g/mol. The molecular formula is C6H14ClN5O2. The van der Waals surface area contributed by atoms with Gasteiger partial charge in [0.2, 0.25) is 0 Å². The Bertz CT molecular complexity index is 206. The fourth-order valence-corrected chi connectivity index (χ4v) is 0.753. The van der Waals surface area contributed by atoms with Crippen molar-refractivity contribution in [2.24, 2.45) is 16.7 Å². The average Bonchev–Trinajstić information content (AvgIpc) is 2.14. The van der Waals surface area contributed by atoms with E-state index < -0.39 is 12.0 Å². The third kappa shape index (κ3) is 7.63. The first-order valence-corrected chi connectivity index (χ1v) is 3.93. The standard InChI is InChI=1S/C6H13N5O2.ClH/c7-4-2-1-3-5(8)6(12)13-11-10-9;/h5H,1-4,7-8H2;1H. The molecule has 14 heavy (non-hydrogen) atoms. The number of carbonyl (C=O) groups excluding carboxylic acids is 1. The third-order valence-electron chi connectivity index (χ3n) is 1.44. The van der Waals surface area contributed by atoms with Gasteiger partial charge in [-0.2, -0.15) is 0 Å². The van der Waals surface area contributed by atoms with Crippen LogP contribution in [-0.4, -0.2) is 18.6 Å². The lowest BCUT2D eigenvalue weighted by molar-refractivity contribution is -0.145. The van der Waals surface area contributed by atoms with Crippen molar-refractivity contribution in [2.75, 3.05) is 6.54 Å². The van der Waals surface area contributed by atoms with Crippen molar-refractivity contribution in [3.05, 3.63) is 10.4 Å². The van der Waals surface area contributed by atoms with E-state index in [2.05, 4.69) is 15.0 Å². The molecule has 4 N–H and O–H groups in total. The van der Waals surface area contributed by atoms with Gasteiger partial charge in [0.15, 0.2) is 0 Å². The van der Waals surface area contributed by atoms with Gasteiger partial charge in [0.25, 0.3) is 0 Å². The fourth-order valence-electron chi connectivity index (χ4n) is 0.753. The zero-order valence-corrected chi connectivity index (χ0v) is 8.44. The molecule has 0 saturated carbocycles. The molecule has 0 amide bonds. The van der Waals surface area contributed by atoms with Gasteiger partial charge in [-0.15, -0.1) is 12.4 Å². The molecule has 0 aliphatic rings. The Labute approximate surface area is 87.8 Å². The minimum Gasteiger partial charge on any atom is -0.357 e. The van der Waals surface area contributed by atoms with Crippen LogP contribution in [0.2, 0.25) is 0 Å². The summed E-state index contributed by atoms with van der Waals surface area (Å²) in [5.41, 5.74) is 18.5. The molecule has 1 unspecified atom stereocenters. The fraction of sp³-hybridized carbons (Fsp3) is 0.833. The van der Waals surface area contributed by atoms with Crippen molar-refractivity contribution >= 4 is 18.4 Å². The van der Waals surface area contributed by atoms with Gasteiger partial charge in [-0.25, -0.2) is 4.79 Å². The van der Waals surface area contributed by atoms with Crippen molar-refractivity contribution in [2.45, 2.75) is 25.3 Å². The highest BCUT2D eigenvalue weighted by Crippen LogP contribution is 1.99. The Kier molecular flexibility index (Phi) is 11.1. The summed E-state index contributed by atoms with van der Waals surface area (Å²) >= 11 is 0. The van der Waals surface area contributed by atoms with E-state index in [1.54, 1.807) is 0 Å². The number of nitrogens with zero attached hydrogens (tertiary/aromatic N) is 3. The van der Waals surface area contributed by atoms with Crippen LogP contribution in [0.25, 0.3) is 10.4 Å². The molecule has 7 nitrogen and oxygen atoms in total. The summed E-state index contributed by atoms with van der Waals surface area (Å²) in [5, 5.41) is 2.65. The predicted octanol–water partition coefficient (Wildman–Crippen LogP) is 0.633. The second-order valence-corrected chi connectivity index (χ2v) is 2.47. The first-order chi connectivity index (χ1) is 6.22. The van der Waals surface area contributed by atoms with Crippen molar-refractivity contribution < 1.29 is 9.63 Å². The molecule has 8 heteroatoms. The van der Waals surface area contributed by atoms with Gasteiger partial charge < -0.3 is 16.3 Å². The second kappa shape index (κ2) is 10.1. The van der Waals surface area contributed by atoms with Gasteiger partial charge in [0.05, 0.1) is 0 Å². The molecule has 0 saturated heterocycles. The van der Waals surface area contributed by atoms with Crippen molar-refractivity contribution in [1.29, 1.82) is 0 Å². The van der Waals surface area contributed by atoms with E-state index in [1.807, 2.05) is 0 Å². The minimum atomic E-state index is -0.739. The Morgan fingerprint density at radius 3 is 2.71 bits per heavy atom. The molecule has 82 valence electrons. The molecule has 0 bridgehead atoms. The monoisotopic (exact) mass is 223 g/mol. The van der Waals surface area contributed by atoms with Crippen LogP contribution in [0.15, 0.2) is 5.28 Å². The Hall–Kier alpha value is -1.01. The number of unbranched alkanes of at least 4 members (excludes halogenated alkanes) is 1. The summed E-state index contributed by atoms with van der Waals surface area (Å²) in [4.78, 5) is 17.2. The third-order valence-corrected chi connectivity index (χ3v) is 1.44. The molecule has 0 aromatic carbocycles. The lowest BCUT2D eigenvalue weighted by Crippen LogP contribution is -2.31. The first kappa shape index (κ1) is 15.5. The van der Waals surface area contributed by atoms with E-state index in [9.17, 15) is 4.79 Å². The summed E-state index contributed by atoms with van der Waals surface area (Å²) in [6.07, 6.45) is 2.04. The zero-order chi connectivity index (χ0) is 10.1. The summed E-state index contributed by atoms with van der Waals surface area (Å²) in [5.74, 6) is -0.713. The number of nitrogens with two attached hydrogens (primary N) is 2. The van der Waals surface area contributed by atoms with E-state index in [0.717, 1.165) is 12.8 Å². The number of azide groups is 1. The van der Waals surface area contributed by atoms with Crippen LogP contribution in [0.5, 0.6) is 0 Å². The van der Waals surface area contributed by atoms with Gasteiger partial charge in [0, 0.05) is 4.91 Å². The predicted molar refractivity (Wildman–Crippen MR) is 53.4 cm³/mol. The van der Waals surface area contributed by atoms with Crippen LogP contribution in [0.3, 0.4) is 0 Å². The van der Waals surface area contributed by atoms with Crippen molar-refractivity contribution in [1.82, 2.24) is 0 Å². The summed E-state index contributed by atoms with van der Waals surface area (Å²) in [7, 11) is 0. The quantitative estimate of drug-likeness (QED) is 0.225. The highest BCUT2D eigenvalue weighted by Gasteiger charge is 2.13. The molecule has 0 aliphatic heterocycles. The lowest BCUT2D eigenvalue weighted by atomic mass is 10.1. The van der Waals surface area contributed by atoms with Crippen molar-refractivity contribution in [3.63, 3.8) is 0 Å². The topological polar surface area (TPSA) is 127 Å². The first-order valence-electron chi connectivity index (χ1n) is 3.93. The van der Waals surface area contributed by atoms with E-state index in [0.29, 0.717) is 13.0 Å². The molecule has 0 aliphatic carbocycles. The Morgan fingerprint density at radius 2 is 2.21 bits per heavy atom. The van der Waals surface area contributed by atoms with Crippen molar-refractivity contribution in [3.8, 4) is 0 Å². The second-order valence-electron chi connectivity index (χ2n) is 2.47. The number of hydrogen-bond acceptors (Lipinski definition) is 5. The maximum atomic E-state index is 10.9. The maximum Gasteiger partial charge on any atom is 0.334 e. The van der Waals surface area contributed by atoms with E-state index >= 15 is 0 Å². The van der Waals surface area contributed by atoms with Gasteiger partial charge in [-0.3, -0.25) is 0 Å². The van der Waals surface area contributed by atoms with Gasteiger partial charge in [0.1, 0.15) is 11.3 Å². The van der Waals surface area contributed by atoms with Crippen LogP contribution >= 0.6 is 12.4 Å². The summed E-state index contributed by atoms with van der Waals surface area (Å²) in [6.45, 7) is 0.568. The highest BCUT2D eigenvalue weighted by molar-refractivity contribution is 5.85. The highest BCUT2D eigenvalue weighted by atomic mass is 35.5. The Morgan fingerprint density at radius 1 is 1.57 bits per heavy atom. The molecule has 0 radical (unpaired) electrons. The van der Waals surface area contributed by atoms with Crippen LogP contribution in [-0.2, 0) is 9.63 Å². The molecule has 0 rings (SSSR count). The van der Waals surface area contributed by atoms with Gasteiger partial charge in [-0.1, -0.05) is 6.42 Å². The molecule has 1 atom stereocenters. The smallest absolute Gasteiger partial charge is 0.334 e. The molecule has 0 heterocycles. The van der Waals surface area contributed by atoms with Crippen LogP contribution < -0.4 is 11.5 Å². The molecule has 0 spiro atoms. The van der Waals surface area contributed by atoms with E-state index in [4.69, 9.17) is 17.0 Å². The molecule has 0 fully saturated rings. The van der Waals surface area contributed by atoms with Crippen LogP contribution in [0.4, 0.5) is 0 Å². The summed E-state index contributed by atoms with van der Waals surface area (Å²) in [6, 6.07) is -0.739. The maximum absolute atomic E-state index is 10.9. The summed E-state index contributed by atoms with van der Waals surface area (Å²) < 4.78 is 0. The minimum absolute atomic E-state index is 0. The number of halogens is 1. The van der Waals surface area contributed by atoms with E-state index in [1.165, 1.54) is 0 Å². The van der Waals surface area contributed by atoms with E-state index in [-0.39, 0.29) is 12.4 Å². The Balaban J connectivity index is 0. The normalized spacial score (nSPS) is 10.7. The largest absolute Gasteiger partial charge is 0.357 e. The van der Waals surface area contributed by atoms with Gasteiger partial charge >= 0.3 is 5.97 Å². The van der Waals surface area contributed by atoms with Gasteiger partial charge in [-0.05, 0) is 24.9 Å². The zero-order valence-electron chi connectivity index (χ0n) is 7.63. The van der Waals surface area contributed by atoms with Crippen LogP contribution in [0.1, 0.15) is 19.3 Å². The van der Waals surface area contributed by atoms with Crippen LogP contribution in [0, 0.1) is 0 Å². The molecule has 0 aromatic heterocycles. The SMILES string of the molecule is Cl.[N-]=[N+]=NOC(=O)C(N)CCCCN. The molecule has 0 aromatic rings. The number of rotatable bonds is 6. The number of hydrogen-bond donors (Lipinski definition) is 2.